The molecule has 1 fully saturated rings. The lowest BCUT2D eigenvalue weighted by molar-refractivity contribution is -0.121. The van der Waals surface area contributed by atoms with E-state index in [1.54, 1.807) is 0 Å². The van der Waals surface area contributed by atoms with Crippen LogP contribution in [0.15, 0.2) is 42.5 Å². The van der Waals surface area contributed by atoms with Gasteiger partial charge in [-0.2, -0.15) is 0 Å². The van der Waals surface area contributed by atoms with Gasteiger partial charge in [0, 0.05) is 23.7 Å². The molecule has 0 radical (unpaired) electrons. The lowest BCUT2D eigenvalue weighted by Gasteiger charge is -2.28. The molecule has 2 aliphatic heterocycles. The van der Waals surface area contributed by atoms with Crippen LogP contribution in [0.3, 0.4) is 0 Å². The van der Waals surface area contributed by atoms with Crippen molar-refractivity contribution in [2.75, 3.05) is 25.0 Å². The molecule has 30 heavy (non-hydrogen) atoms. The average molecular weight is 426 g/mol. The molecule has 2 N–H and O–H groups in total. The molecule has 2 aromatic rings. The summed E-state index contributed by atoms with van der Waals surface area (Å²) < 4.78 is 0. The van der Waals surface area contributed by atoms with E-state index in [0.29, 0.717) is 19.4 Å². The first-order valence-electron chi connectivity index (χ1n) is 10.8. The Balaban J connectivity index is 1.27. The summed E-state index contributed by atoms with van der Waals surface area (Å²) >= 11 is 6.20. The van der Waals surface area contributed by atoms with Gasteiger partial charge in [0.2, 0.25) is 11.8 Å². The number of amides is 2. The zero-order chi connectivity index (χ0) is 20.9. The Morgan fingerprint density at radius 3 is 2.80 bits per heavy atom. The number of carbonyl (C=O) groups is 2. The van der Waals surface area contributed by atoms with Crippen LogP contribution in [0.5, 0.6) is 0 Å². The van der Waals surface area contributed by atoms with E-state index >= 15 is 0 Å². The van der Waals surface area contributed by atoms with Gasteiger partial charge in [0.25, 0.3) is 0 Å². The van der Waals surface area contributed by atoms with E-state index in [0.717, 1.165) is 47.8 Å². The molecule has 0 bridgehead atoms. The van der Waals surface area contributed by atoms with E-state index in [2.05, 4.69) is 27.7 Å². The Kier molecular flexibility index (Phi) is 6.70. The lowest BCUT2D eigenvalue weighted by atomic mass is 10.0. The minimum absolute atomic E-state index is 0.0498. The minimum Gasteiger partial charge on any atom is -0.354 e. The van der Waals surface area contributed by atoms with Gasteiger partial charge in [0.05, 0.1) is 12.5 Å². The Labute approximate surface area is 182 Å². The van der Waals surface area contributed by atoms with Crippen LogP contribution in [-0.2, 0) is 22.4 Å². The number of nitrogens with zero attached hydrogens (tertiary/aromatic N) is 1. The first kappa shape index (κ1) is 20.9. The van der Waals surface area contributed by atoms with Crippen molar-refractivity contribution in [2.45, 2.75) is 44.6 Å². The van der Waals surface area contributed by atoms with E-state index in [9.17, 15) is 9.59 Å². The maximum atomic E-state index is 12.5. The molecule has 5 nitrogen and oxygen atoms in total. The molecule has 1 atom stereocenters. The maximum absolute atomic E-state index is 12.5. The van der Waals surface area contributed by atoms with Crippen LogP contribution >= 0.6 is 11.6 Å². The highest BCUT2D eigenvalue weighted by molar-refractivity contribution is 6.30. The molecule has 0 aliphatic carbocycles. The van der Waals surface area contributed by atoms with Gasteiger partial charge in [-0.1, -0.05) is 35.9 Å². The number of fused-ring (bicyclic) bond motifs is 1. The van der Waals surface area contributed by atoms with Crippen molar-refractivity contribution in [1.82, 2.24) is 10.2 Å². The molecule has 6 heteroatoms. The van der Waals surface area contributed by atoms with Gasteiger partial charge in [0.15, 0.2) is 0 Å². The zero-order valence-electron chi connectivity index (χ0n) is 17.1. The topological polar surface area (TPSA) is 61.4 Å². The molecule has 0 aromatic heterocycles. The first-order chi connectivity index (χ1) is 14.6. The predicted molar refractivity (Wildman–Crippen MR) is 120 cm³/mol. The molecule has 2 heterocycles. The fourth-order valence-electron chi connectivity index (χ4n) is 4.42. The third kappa shape index (κ3) is 5.21. The Hall–Kier alpha value is -2.37. The fourth-order valence-corrected chi connectivity index (χ4v) is 4.61. The van der Waals surface area contributed by atoms with Crippen molar-refractivity contribution in [3.63, 3.8) is 0 Å². The second kappa shape index (κ2) is 9.63. The number of anilines is 1. The molecule has 2 aliphatic rings. The number of nitrogens with one attached hydrogen (secondary N) is 2. The number of benzene rings is 2. The molecule has 4 rings (SSSR count). The molecule has 158 valence electrons. The molecule has 2 amide bonds. The Morgan fingerprint density at radius 2 is 2.00 bits per heavy atom. The summed E-state index contributed by atoms with van der Waals surface area (Å²) in [6, 6.07) is 14.2. The van der Waals surface area contributed by atoms with Gasteiger partial charge < -0.3 is 10.6 Å². The van der Waals surface area contributed by atoms with Crippen molar-refractivity contribution < 1.29 is 9.59 Å². The number of rotatable bonds is 8. The van der Waals surface area contributed by atoms with Crippen LogP contribution in [0.4, 0.5) is 5.69 Å². The summed E-state index contributed by atoms with van der Waals surface area (Å²) in [5, 5.41) is 6.71. The smallest absolute Gasteiger partial charge is 0.228 e. The van der Waals surface area contributed by atoms with E-state index in [1.165, 1.54) is 18.4 Å². The zero-order valence-corrected chi connectivity index (χ0v) is 17.9. The number of likely N-dealkylation sites (tertiary alicyclic amines) is 1. The number of halogens is 1. The second-order valence-electron chi connectivity index (χ2n) is 8.19. The Morgan fingerprint density at radius 1 is 1.17 bits per heavy atom. The van der Waals surface area contributed by atoms with Gasteiger partial charge >= 0.3 is 0 Å². The van der Waals surface area contributed by atoms with E-state index < -0.39 is 0 Å². The van der Waals surface area contributed by atoms with Crippen LogP contribution in [-0.4, -0.2) is 36.3 Å². The van der Waals surface area contributed by atoms with Crippen LogP contribution in [0.1, 0.15) is 48.4 Å². The largest absolute Gasteiger partial charge is 0.354 e. The SMILES string of the molecule is O=C(CCCc1ccc2c(c1)CC(=O)N2)NCC(c1cccc(Cl)c1)N1CCCC1. The number of hydrogen-bond donors (Lipinski definition) is 2. The molecule has 1 unspecified atom stereocenters. The molecule has 1 saturated heterocycles. The second-order valence-corrected chi connectivity index (χ2v) is 8.62. The molecular formula is C24H28ClN3O2. The summed E-state index contributed by atoms with van der Waals surface area (Å²) in [6.07, 6.45) is 4.97. The van der Waals surface area contributed by atoms with E-state index in [4.69, 9.17) is 11.6 Å². The van der Waals surface area contributed by atoms with Crippen LogP contribution in [0, 0.1) is 0 Å². The van der Waals surface area contributed by atoms with Crippen molar-refractivity contribution in [2.24, 2.45) is 0 Å². The first-order valence-corrected chi connectivity index (χ1v) is 11.1. The summed E-state index contributed by atoms with van der Waals surface area (Å²) in [5.41, 5.74) is 4.30. The molecule has 0 spiro atoms. The monoisotopic (exact) mass is 425 g/mol. The summed E-state index contributed by atoms with van der Waals surface area (Å²) in [5.74, 6) is 0.132. The highest BCUT2D eigenvalue weighted by Gasteiger charge is 2.24. The highest BCUT2D eigenvalue weighted by atomic mass is 35.5. The third-order valence-corrected chi connectivity index (χ3v) is 6.21. The van der Waals surface area contributed by atoms with Crippen molar-refractivity contribution >= 4 is 29.1 Å². The van der Waals surface area contributed by atoms with Gasteiger partial charge in [-0.15, -0.1) is 0 Å². The quantitative estimate of drug-likeness (QED) is 0.669. The fraction of sp³-hybridized carbons (Fsp3) is 0.417. The standard InChI is InChI=1S/C24H28ClN3O2/c25-20-7-4-6-18(14-20)22(28-11-1-2-12-28)16-26-23(29)8-3-5-17-9-10-21-19(13-17)15-24(30)27-21/h4,6-7,9-10,13-14,22H,1-3,5,8,11-12,15-16H2,(H,26,29)(H,27,30). The van der Waals surface area contributed by atoms with Crippen molar-refractivity contribution in [3.8, 4) is 0 Å². The van der Waals surface area contributed by atoms with E-state index in [-0.39, 0.29) is 17.9 Å². The number of aryl methyl sites for hydroxylation is 1. The van der Waals surface area contributed by atoms with Gasteiger partial charge in [-0.05, 0) is 73.7 Å². The number of hydrogen-bond acceptors (Lipinski definition) is 3. The van der Waals surface area contributed by atoms with Crippen molar-refractivity contribution in [3.05, 3.63) is 64.2 Å². The van der Waals surface area contributed by atoms with Crippen molar-refractivity contribution in [1.29, 1.82) is 0 Å². The molecule has 2 aromatic carbocycles. The minimum atomic E-state index is 0.0498. The van der Waals surface area contributed by atoms with Gasteiger partial charge in [-0.25, -0.2) is 0 Å². The molecule has 0 saturated carbocycles. The van der Waals surface area contributed by atoms with E-state index in [1.807, 2.05) is 30.3 Å². The summed E-state index contributed by atoms with van der Waals surface area (Å²) in [7, 11) is 0. The summed E-state index contributed by atoms with van der Waals surface area (Å²) in [4.78, 5) is 26.4. The van der Waals surface area contributed by atoms with Gasteiger partial charge in [-0.3, -0.25) is 14.5 Å². The predicted octanol–water partition coefficient (Wildman–Crippen LogP) is 4.11. The molecular weight excluding hydrogens is 398 g/mol. The Bertz CT molecular complexity index is 924. The number of carbonyl (C=O) groups excluding carboxylic acids is 2. The third-order valence-electron chi connectivity index (χ3n) is 5.97. The van der Waals surface area contributed by atoms with Crippen LogP contribution in [0.2, 0.25) is 5.02 Å². The highest BCUT2D eigenvalue weighted by Crippen LogP contribution is 2.27. The van der Waals surface area contributed by atoms with Gasteiger partial charge in [0.1, 0.15) is 0 Å². The van der Waals surface area contributed by atoms with Crippen LogP contribution in [0.25, 0.3) is 0 Å². The average Bonchev–Trinajstić information content (AvgIpc) is 3.37. The maximum Gasteiger partial charge on any atom is 0.228 e. The normalized spacial score (nSPS) is 16.9. The van der Waals surface area contributed by atoms with Crippen LogP contribution < -0.4 is 10.6 Å². The lowest BCUT2D eigenvalue weighted by Crippen LogP contribution is -2.36. The summed E-state index contributed by atoms with van der Waals surface area (Å²) in [6.45, 7) is 2.72.